The smallest absolute Gasteiger partial charge is 0.251 e. The number of likely N-dealkylation sites (tertiary alicyclic amines) is 1. The molecule has 0 spiro atoms. The van der Waals surface area contributed by atoms with Crippen molar-refractivity contribution in [2.24, 2.45) is 0 Å². The molecule has 0 aliphatic carbocycles. The van der Waals surface area contributed by atoms with Crippen LogP contribution in [0.2, 0.25) is 0 Å². The first-order valence-electron chi connectivity index (χ1n) is 8.28. The number of benzene rings is 1. The zero-order valence-corrected chi connectivity index (χ0v) is 13.4. The van der Waals surface area contributed by atoms with Gasteiger partial charge in [0, 0.05) is 19.7 Å². The molecule has 2 aromatic rings. The van der Waals surface area contributed by atoms with Crippen LogP contribution in [0.5, 0.6) is 5.75 Å². The fraction of sp³-hybridized carbons (Fsp3) is 0.471. The summed E-state index contributed by atoms with van der Waals surface area (Å²) >= 11 is 0. The van der Waals surface area contributed by atoms with Crippen molar-refractivity contribution in [2.45, 2.75) is 31.6 Å². The van der Waals surface area contributed by atoms with Gasteiger partial charge in [-0.3, -0.25) is 4.79 Å². The van der Waals surface area contributed by atoms with Crippen molar-refractivity contribution < 1.29 is 14.3 Å². The average molecular weight is 328 g/mol. The maximum atomic E-state index is 12.2. The molecule has 2 saturated heterocycles. The van der Waals surface area contributed by atoms with Crippen LogP contribution in [0, 0.1) is 0 Å². The molecule has 1 aromatic carbocycles. The quantitative estimate of drug-likeness (QED) is 0.830. The summed E-state index contributed by atoms with van der Waals surface area (Å²) in [5.41, 5.74) is 0.780. The van der Waals surface area contributed by atoms with E-state index >= 15 is 0 Å². The van der Waals surface area contributed by atoms with E-state index in [0.29, 0.717) is 26.3 Å². The standard InChI is InChI=1S/C17H20N4O3/c22-17(16-7-4-8-23-16)20-10-14(11-20)21-9-13(18-19-21)12-24-15-5-2-1-3-6-15/h1-3,5-6,9,14,16H,4,7-8,10-12H2. The van der Waals surface area contributed by atoms with Crippen LogP contribution >= 0.6 is 0 Å². The lowest BCUT2D eigenvalue weighted by Gasteiger charge is -2.39. The maximum Gasteiger partial charge on any atom is 0.251 e. The van der Waals surface area contributed by atoms with Crippen molar-refractivity contribution in [3.05, 3.63) is 42.2 Å². The zero-order chi connectivity index (χ0) is 16.4. The first-order valence-corrected chi connectivity index (χ1v) is 8.28. The Bertz CT molecular complexity index is 691. The summed E-state index contributed by atoms with van der Waals surface area (Å²) in [5, 5.41) is 8.30. The molecule has 1 unspecified atom stereocenters. The third-order valence-corrected chi connectivity index (χ3v) is 4.44. The van der Waals surface area contributed by atoms with Crippen molar-refractivity contribution in [1.82, 2.24) is 19.9 Å². The molecule has 1 atom stereocenters. The van der Waals surface area contributed by atoms with Gasteiger partial charge in [-0.2, -0.15) is 0 Å². The largest absolute Gasteiger partial charge is 0.487 e. The molecule has 0 N–H and O–H groups in total. The molecule has 126 valence electrons. The third kappa shape index (κ3) is 3.12. The molecule has 7 heteroatoms. The van der Waals surface area contributed by atoms with E-state index in [1.54, 1.807) is 0 Å². The molecule has 0 saturated carbocycles. The lowest BCUT2D eigenvalue weighted by Crippen LogP contribution is -2.53. The number of carbonyl (C=O) groups is 1. The number of ether oxygens (including phenoxy) is 2. The van der Waals surface area contributed by atoms with Crippen LogP contribution in [-0.4, -0.2) is 51.6 Å². The Kier molecular flexibility index (Phi) is 4.17. The molecule has 1 aromatic heterocycles. The molecule has 4 rings (SSSR count). The molecule has 0 radical (unpaired) electrons. The minimum absolute atomic E-state index is 0.108. The highest BCUT2D eigenvalue weighted by Gasteiger charge is 2.37. The molecule has 0 bridgehead atoms. The second kappa shape index (κ2) is 6.60. The number of hydrogen-bond donors (Lipinski definition) is 0. The van der Waals surface area contributed by atoms with Crippen LogP contribution in [0.3, 0.4) is 0 Å². The number of hydrogen-bond acceptors (Lipinski definition) is 5. The van der Waals surface area contributed by atoms with Gasteiger partial charge in [0.2, 0.25) is 0 Å². The van der Waals surface area contributed by atoms with Gasteiger partial charge in [-0.15, -0.1) is 5.10 Å². The Hall–Kier alpha value is -2.41. The van der Waals surface area contributed by atoms with E-state index in [-0.39, 0.29) is 18.1 Å². The summed E-state index contributed by atoms with van der Waals surface area (Å²) in [6.07, 6.45) is 3.46. The fourth-order valence-corrected chi connectivity index (χ4v) is 3.01. The SMILES string of the molecule is O=C(C1CCCO1)N1CC(n2cc(COc3ccccc3)nn2)C1. The summed E-state index contributed by atoms with van der Waals surface area (Å²) in [7, 11) is 0. The zero-order valence-electron chi connectivity index (χ0n) is 13.4. The normalized spacial score (nSPS) is 20.8. The van der Waals surface area contributed by atoms with E-state index in [9.17, 15) is 4.79 Å². The molecule has 3 heterocycles. The Morgan fingerprint density at radius 1 is 1.29 bits per heavy atom. The summed E-state index contributed by atoms with van der Waals surface area (Å²) in [4.78, 5) is 14.0. The van der Waals surface area contributed by atoms with Crippen LogP contribution in [0.1, 0.15) is 24.6 Å². The van der Waals surface area contributed by atoms with E-state index in [0.717, 1.165) is 24.3 Å². The van der Waals surface area contributed by atoms with Gasteiger partial charge in [0.15, 0.2) is 0 Å². The van der Waals surface area contributed by atoms with Crippen LogP contribution < -0.4 is 4.74 Å². The number of carbonyl (C=O) groups excluding carboxylic acids is 1. The summed E-state index contributed by atoms with van der Waals surface area (Å²) in [5.74, 6) is 0.917. The van der Waals surface area contributed by atoms with E-state index in [1.165, 1.54) is 0 Å². The van der Waals surface area contributed by atoms with Gasteiger partial charge < -0.3 is 14.4 Å². The van der Waals surface area contributed by atoms with Gasteiger partial charge in [0.05, 0.1) is 12.2 Å². The average Bonchev–Trinajstić information content (AvgIpc) is 3.24. The van der Waals surface area contributed by atoms with Gasteiger partial charge in [-0.05, 0) is 25.0 Å². The molecular weight excluding hydrogens is 308 g/mol. The molecule has 2 fully saturated rings. The van der Waals surface area contributed by atoms with Crippen LogP contribution in [0.4, 0.5) is 0 Å². The predicted octanol–water partition coefficient (Wildman–Crippen LogP) is 1.42. The van der Waals surface area contributed by atoms with E-state index < -0.39 is 0 Å². The molecule has 7 nitrogen and oxygen atoms in total. The minimum atomic E-state index is -0.239. The lowest BCUT2D eigenvalue weighted by atomic mass is 10.1. The van der Waals surface area contributed by atoms with Crippen molar-refractivity contribution in [3.63, 3.8) is 0 Å². The highest BCUT2D eigenvalue weighted by Crippen LogP contribution is 2.24. The number of para-hydroxylation sites is 1. The van der Waals surface area contributed by atoms with Gasteiger partial charge >= 0.3 is 0 Å². The predicted molar refractivity (Wildman–Crippen MR) is 85.4 cm³/mol. The van der Waals surface area contributed by atoms with E-state index in [1.807, 2.05) is 46.1 Å². The molecule has 2 aliphatic rings. The van der Waals surface area contributed by atoms with Crippen molar-refractivity contribution >= 4 is 5.91 Å². The number of nitrogens with zero attached hydrogens (tertiary/aromatic N) is 4. The Morgan fingerprint density at radius 3 is 2.88 bits per heavy atom. The second-order valence-corrected chi connectivity index (χ2v) is 6.19. The molecule has 2 aliphatic heterocycles. The molecular formula is C17H20N4O3. The fourth-order valence-electron chi connectivity index (χ4n) is 3.01. The minimum Gasteiger partial charge on any atom is -0.487 e. The molecule has 24 heavy (non-hydrogen) atoms. The Morgan fingerprint density at radius 2 is 2.12 bits per heavy atom. The van der Waals surface area contributed by atoms with E-state index in [4.69, 9.17) is 9.47 Å². The van der Waals surface area contributed by atoms with Crippen LogP contribution in [-0.2, 0) is 16.1 Å². The Labute approximate surface area is 140 Å². The van der Waals surface area contributed by atoms with Crippen LogP contribution in [0.25, 0.3) is 0 Å². The van der Waals surface area contributed by atoms with Gasteiger partial charge in [0.1, 0.15) is 24.2 Å². The first kappa shape index (κ1) is 15.1. The highest BCUT2D eigenvalue weighted by atomic mass is 16.5. The summed E-state index contributed by atoms with van der Waals surface area (Å²) in [6, 6.07) is 9.81. The summed E-state index contributed by atoms with van der Waals surface area (Å²) in [6.45, 7) is 2.42. The molecule has 1 amide bonds. The van der Waals surface area contributed by atoms with Gasteiger partial charge in [0.25, 0.3) is 5.91 Å². The maximum absolute atomic E-state index is 12.2. The second-order valence-electron chi connectivity index (χ2n) is 6.19. The number of amides is 1. The van der Waals surface area contributed by atoms with E-state index in [2.05, 4.69) is 10.3 Å². The van der Waals surface area contributed by atoms with Crippen molar-refractivity contribution in [1.29, 1.82) is 0 Å². The lowest BCUT2D eigenvalue weighted by molar-refractivity contribution is -0.147. The Balaban J connectivity index is 1.28. The van der Waals surface area contributed by atoms with Crippen molar-refractivity contribution in [3.8, 4) is 5.75 Å². The first-order chi connectivity index (χ1) is 11.8. The third-order valence-electron chi connectivity index (χ3n) is 4.44. The van der Waals surface area contributed by atoms with Crippen molar-refractivity contribution in [2.75, 3.05) is 19.7 Å². The number of rotatable bonds is 5. The topological polar surface area (TPSA) is 69.5 Å². The van der Waals surface area contributed by atoms with Crippen LogP contribution in [0.15, 0.2) is 36.5 Å². The number of aromatic nitrogens is 3. The monoisotopic (exact) mass is 328 g/mol. The van der Waals surface area contributed by atoms with Gasteiger partial charge in [-0.1, -0.05) is 23.4 Å². The highest BCUT2D eigenvalue weighted by molar-refractivity contribution is 5.82. The summed E-state index contributed by atoms with van der Waals surface area (Å²) < 4.78 is 12.9. The van der Waals surface area contributed by atoms with Gasteiger partial charge in [-0.25, -0.2) is 4.68 Å².